The molecule has 0 spiro atoms. The number of hydrogen-bond acceptors (Lipinski definition) is 6. The maximum Gasteiger partial charge on any atom is 0.344 e. The molecule has 0 saturated heterocycles. The zero-order chi connectivity index (χ0) is 15.4. The molecule has 0 aliphatic carbocycles. The SMILES string of the molecule is CC[S+]([O-])c1ncc(C(=O)c2ccc(OC)cc2)c(N)n1. The minimum absolute atomic E-state index is 0.0302. The van der Waals surface area contributed by atoms with Crippen molar-refractivity contribution in [1.29, 1.82) is 0 Å². The number of rotatable bonds is 5. The van der Waals surface area contributed by atoms with E-state index in [0.29, 0.717) is 17.1 Å². The van der Waals surface area contributed by atoms with Gasteiger partial charge in [0.25, 0.3) is 0 Å². The van der Waals surface area contributed by atoms with Crippen molar-refractivity contribution in [3.8, 4) is 5.75 Å². The van der Waals surface area contributed by atoms with Crippen LogP contribution in [-0.4, -0.2) is 33.2 Å². The number of nitrogens with zero attached hydrogens (tertiary/aromatic N) is 2. The van der Waals surface area contributed by atoms with E-state index in [1.54, 1.807) is 38.3 Å². The smallest absolute Gasteiger partial charge is 0.344 e. The van der Waals surface area contributed by atoms with Crippen LogP contribution < -0.4 is 10.5 Å². The largest absolute Gasteiger partial charge is 0.609 e. The number of anilines is 1. The molecule has 0 fully saturated rings. The van der Waals surface area contributed by atoms with Gasteiger partial charge < -0.3 is 15.0 Å². The van der Waals surface area contributed by atoms with Gasteiger partial charge in [-0.05, 0) is 31.2 Å². The highest BCUT2D eigenvalue weighted by molar-refractivity contribution is 7.91. The Morgan fingerprint density at radius 3 is 2.57 bits per heavy atom. The molecule has 1 unspecified atom stereocenters. The van der Waals surface area contributed by atoms with Crippen molar-refractivity contribution in [3.05, 3.63) is 41.6 Å². The first-order chi connectivity index (χ1) is 10.1. The van der Waals surface area contributed by atoms with Crippen molar-refractivity contribution < 1.29 is 14.1 Å². The minimum atomic E-state index is -1.30. The highest BCUT2D eigenvalue weighted by Gasteiger charge is 2.19. The van der Waals surface area contributed by atoms with Crippen LogP contribution in [0.3, 0.4) is 0 Å². The van der Waals surface area contributed by atoms with E-state index in [2.05, 4.69) is 9.97 Å². The zero-order valence-electron chi connectivity index (χ0n) is 11.7. The molecule has 2 N–H and O–H groups in total. The molecule has 110 valence electrons. The van der Waals surface area contributed by atoms with Gasteiger partial charge in [-0.25, -0.2) is 0 Å². The number of ketones is 1. The second kappa shape index (κ2) is 6.55. The van der Waals surface area contributed by atoms with Crippen LogP contribution >= 0.6 is 0 Å². The lowest BCUT2D eigenvalue weighted by atomic mass is 10.1. The lowest BCUT2D eigenvalue weighted by Crippen LogP contribution is -2.14. The quantitative estimate of drug-likeness (QED) is 0.509. The molecule has 7 heteroatoms. The average molecular weight is 305 g/mol. The van der Waals surface area contributed by atoms with Gasteiger partial charge in [0.1, 0.15) is 17.3 Å². The fourth-order valence-corrected chi connectivity index (χ4v) is 2.32. The first kappa shape index (κ1) is 15.3. The van der Waals surface area contributed by atoms with Crippen LogP contribution in [0.1, 0.15) is 22.8 Å². The monoisotopic (exact) mass is 305 g/mol. The Kier molecular flexibility index (Phi) is 4.77. The van der Waals surface area contributed by atoms with E-state index in [0.717, 1.165) is 0 Å². The van der Waals surface area contributed by atoms with Crippen LogP contribution in [-0.2, 0) is 11.2 Å². The summed E-state index contributed by atoms with van der Waals surface area (Å²) in [6.45, 7) is 1.76. The first-order valence-corrected chi connectivity index (χ1v) is 7.58. The van der Waals surface area contributed by atoms with Gasteiger partial charge in [-0.2, -0.15) is 9.97 Å². The van der Waals surface area contributed by atoms with Gasteiger partial charge in [-0.15, -0.1) is 0 Å². The van der Waals surface area contributed by atoms with E-state index in [-0.39, 0.29) is 22.3 Å². The molecule has 1 heterocycles. The molecule has 0 radical (unpaired) electrons. The van der Waals surface area contributed by atoms with Gasteiger partial charge in [0.2, 0.25) is 0 Å². The van der Waals surface area contributed by atoms with Crippen molar-refractivity contribution in [2.45, 2.75) is 12.1 Å². The molecule has 0 bridgehead atoms. The van der Waals surface area contributed by atoms with Crippen LogP contribution in [0.25, 0.3) is 0 Å². The van der Waals surface area contributed by atoms with Crippen molar-refractivity contribution in [2.24, 2.45) is 0 Å². The van der Waals surface area contributed by atoms with Gasteiger partial charge in [0.05, 0.1) is 12.7 Å². The van der Waals surface area contributed by atoms with Crippen molar-refractivity contribution in [2.75, 3.05) is 18.6 Å². The van der Waals surface area contributed by atoms with E-state index >= 15 is 0 Å². The highest BCUT2D eigenvalue weighted by atomic mass is 32.2. The van der Waals surface area contributed by atoms with Gasteiger partial charge in [0.15, 0.2) is 5.78 Å². The summed E-state index contributed by atoms with van der Waals surface area (Å²) in [5, 5.41) is 0.140. The standard InChI is InChI=1S/C14H15N3O3S/c1-3-21(19)14-16-8-11(13(15)17-14)12(18)9-4-6-10(20-2)7-5-9/h4-8H,3H2,1-2H3,(H2,15,16,17). The van der Waals surface area contributed by atoms with Crippen LogP contribution in [0.5, 0.6) is 5.75 Å². The predicted molar refractivity (Wildman–Crippen MR) is 79.8 cm³/mol. The second-order valence-corrected chi connectivity index (χ2v) is 5.78. The van der Waals surface area contributed by atoms with Gasteiger partial charge in [-0.3, -0.25) is 4.79 Å². The summed E-state index contributed by atoms with van der Waals surface area (Å²) in [5.41, 5.74) is 6.42. The summed E-state index contributed by atoms with van der Waals surface area (Å²) < 4.78 is 16.7. The third-order valence-corrected chi connectivity index (χ3v) is 3.99. The molecule has 1 aromatic carbocycles. The Morgan fingerprint density at radius 2 is 2.05 bits per heavy atom. The second-order valence-electron chi connectivity index (χ2n) is 4.14. The summed E-state index contributed by atoms with van der Waals surface area (Å²) in [5.74, 6) is 0.793. The molecule has 0 saturated carbocycles. The number of nitrogens with two attached hydrogens (primary N) is 1. The van der Waals surface area contributed by atoms with E-state index in [1.807, 2.05) is 0 Å². The Bertz CT molecular complexity index is 646. The number of methoxy groups -OCH3 is 1. The number of nitrogen functional groups attached to an aromatic ring is 1. The molecular weight excluding hydrogens is 290 g/mol. The third-order valence-electron chi connectivity index (χ3n) is 2.86. The fourth-order valence-electron chi connectivity index (χ4n) is 1.69. The predicted octanol–water partition coefficient (Wildman–Crippen LogP) is 1.43. The van der Waals surface area contributed by atoms with Crippen LogP contribution in [0.2, 0.25) is 0 Å². The van der Waals surface area contributed by atoms with E-state index < -0.39 is 11.2 Å². The number of carbonyl (C=O) groups excluding carboxylic acids is 1. The van der Waals surface area contributed by atoms with Gasteiger partial charge in [0, 0.05) is 22.9 Å². The Labute approximate surface area is 125 Å². The molecule has 0 amide bonds. The molecule has 2 rings (SSSR count). The molecule has 0 aliphatic heterocycles. The number of aromatic nitrogens is 2. The summed E-state index contributed by atoms with van der Waals surface area (Å²) >= 11 is -1.30. The molecule has 21 heavy (non-hydrogen) atoms. The third kappa shape index (κ3) is 3.32. The summed E-state index contributed by atoms with van der Waals surface area (Å²) in [6.07, 6.45) is 1.32. The molecule has 6 nitrogen and oxygen atoms in total. The minimum Gasteiger partial charge on any atom is -0.609 e. The molecule has 1 atom stereocenters. The van der Waals surface area contributed by atoms with Crippen molar-refractivity contribution >= 4 is 22.8 Å². The van der Waals surface area contributed by atoms with Gasteiger partial charge >= 0.3 is 5.16 Å². The zero-order valence-corrected chi connectivity index (χ0v) is 12.5. The van der Waals surface area contributed by atoms with Crippen LogP contribution in [0.4, 0.5) is 5.82 Å². The molecule has 2 aromatic rings. The van der Waals surface area contributed by atoms with Crippen LogP contribution in [0.15, 0.2) is 35.6 Å². The molecule has 1 aromatic heterocycles. The number of benzene rings is 1. The summed E-state index contributed by atoms with van der Waals surface area (Å²) in [6, 6.07) is 6.65. The number of ether oxygens (including phenoxy) is 1. The van der Waals surface area contributed by atoms with Crippen LogP contribution in [0, 0.1) is 0 Å². The van der Waals surface area contributed by atoms with Gasteiger partial charge in [-0.1, -0.05) is 0 Å². The topological polar surface area (TPSA) is 101 Å². The normalized spacial score (nSPS) is 12.0. The summed E-state index contributed by atoms with van der Waals surface area (Å²) in [7, 11) is 1.55. The van der Waals surface area contributed by atoms with Crippen molar-refractivity contribution in [1.82, 2.24) is 9.97 Å². The van der Waals surface area contributed by atoms with E-state index in [1.165, 1.54) is 6.20 Å². The lowest BCUT2D eigenvalue weighted by Gasteiger charge is -2.08. The van der Waals surface area contributed by atoms with Crippen molar-refractivity contribution in [3.63, 3.8) is 0 Å². The number of carbonyl (C=O) groups is 1. The first-order valence-electron chi connectivity index (χ1n) is 6.26. The lowest BCUT2D eigenvalue weighted by molar-refractivity contribution is 0.103. The summed E-state index contributed by atoms with van der Waals surface area (Å²) in [4.78, 5) is 20.2. The molecule has 0 aliphatic rings. The van der Waals surface area contributed by atoms with E-state index in [4.69, 9.17) is 10.5 Å². The highest BCUT2D eigenvalue weighted by Crippen LogP contribution is 2.18. The molecular formula is C14H15N3O3S. The number of hydrogen-bond donors (Lipinski definition) is 1. The fraction of sp³-hybridized carbons (Fsp3) is 0.214. The average Bonchev–Trinajstić information content (AvgIpc) is 2.53. The Morgan fingerprint density at radius 1 is 1.38 bits per heavy atom. The Hall–Kier alpha value is -2.12. The maximum absolute atomic E-state index is 12.3. The van der Waals surface area contributed by atoms with E-state index in [9.17, 15) is 9.35 Å². The maximum atomic E-state index is 12.3. The Balaban J connectivity index is 2.30.